The summed E-state index contributed by atoms with van der Waals surface area (Å²) in [5.74, 6) is 1.08. The average molecular weight is 490 g/mol. The zero-order chi connectivity index (χ0) is 25.4. The number of aromatic amines is 2. The molecule has 0 fully saturated rings. The molecule has 0 unspecified atom stereocenters. The molecule has 2 N–H and O–H groups in total. The number of ether oxygens (including phenoxy) is 1. The fourth-order valence-corrected chi connectivity index (χ4v) is 4.54. The molecular weight excluding hydrogens is 466 g/mol. The van der Waals surface area contributed by atoms with E-state index in [1.54, 1.807) is 42.1 Å². The van der Waals surface area contributed by atoms with E-state index in [0.29, 0.717) is 23.0 Å². The van der Waals surface area contributed by atoms with E-state index in [2.05, 4.69) is 9.97 Å². The van der Waals surface area contributed by atoms with Gasteiger partial charge in [0.1, 0.15) is 5.75 Å². The first kappa shape index (κ1) is 22.4. The number of hydrogen-bond donors (Lipinski definition) is 2. The molecule has 182 valence electrons. The van der Waals surface area contributed by atoms with E-state index in [-0.39, 0.29) is 6.54 Å². The summed E-state index contributed by atoms with van der Waals surface area (Å²) < 4.78 is 7.97. The smallest absolute Gasteiger partial charge is 0.336 e. The lowest BCUT2D eigenvalue weighted by Gasteiger charge is -2.14. The van der Waals surface area contributed by atoms with Crippen LogP contribution in [-0.2, 0) is 6.54 Å². The molecule has 0 spiro atoms. The predicted molar refractivity (Wildman–Crippen MR) is 143 cm³/mol. The maximum atomic E-state index is 13.9. The van der Waals surface area contributed by atoms with Gasteiger partial charge in [0, 0.05) is 34.9 Å². The molecule has 37 heavy (non-hydrogen) atoms. The van der Waals surface area contributed by atoms with Crippen LogP contribution in [0.3, 0.4) is 0 Å². The van der Waals surface area contributed by atoms with E-state index in [1.807, 2.05) is 60.8 Å². The molecular formula is C29H23N5O3. The van der Waals surface area contributed by atoms with Gasteiger partial charge in [-0.3, -0.25) is 9.36 Å². The van der Waals surface area contributed by atoms with Crippen LogP contribution in [0.2, 0.25) is 0 Å². The number of para-hydroxylation sites is 1. The lowest BCUT2D eigenvalue weighted by atomic mass is 10.1. The zero-order valence-electron chi connectivity index (χ0n) is 20.0. The van der Waals surface area contributed by atoms with Crippen LogP contribution in [0.15, 0.2) is 107 Å². The summed E-state index contributed by atoms with van der Waals surface area (Å²) in [7, 11) is 1.57. The highest BCUT2D eigenvalue weighted by molar-refractivity contribution is 5.83. The summed E-state index contributed by atoms with van der Waals surface area (Å²) >= 11 is 0. The Bertz CT molecular complexity index is 1830. The molecule has 0 aliphatic rings. The zero-order valence-corrected chi connectivity index (χ0v) is 20.0. The van der Waals surface area contributed by atoms with Crippen LogP contribution in [0.5, 0.6) is 5.75 Å². The molecule has 0 radical (unpaired) electrons. The van der Waals surface area contributed by atoms with Gasteiger partial charge in [-0.15, -0.1) is 0 Å². The van der Waals surface area contributed by atoms with Gasteiger partial charge in [0.25, 0.3) is 5.56 Å². The van der Waals surface area contributed by atoms with Crippen molar-refractivity contribution in [1.82, 2.24) is 24.1 Å². The molecule has 8 heteroatoms. The first-order chi connectivity index (χ1) is 18.1. The van der Waals surface area contributed by atoms with Crippen molar-refractivity contribution in [3.8, 4) is 34.2 Å². The highest BCUT2D eigenvalue weighted by atomic mass is 16.5. The predicted octanol–water partition coefficient (Wildman–Crippen LogP) is 4.59. The third-order valence-electron chi connectivity index (χ3n) is 6.42. The highest BCUT2D eigenvalue weighted by Gasteiger charge is 2.18. The largest absolute Gasteiger partial charge is 0.497 e. The van der Waals surface area contributed by atoms with Crippen LogP contribution in [0, 0.1) is 0 Å². The minimum atomic E-state index is -0.462. The van der Waals surface area contributed by atoms with Crippen LogP contribution in [0.1, 0.15) is 5.56 Å². The van der Waals surface area contributed by atoms with E-state index in [9.17, 15) is 9.59 Å². The van der Waals surface area contributed by atoms with Gasteiger partial charge >= 0.3 is 5.69 Å². The molecule has 0 saturated heterocycles. The van der Waals surface area contributed by atoms with Crippen molar-refractivity contribution in [3.05, 3.63) is 124 Å². The topological polar surface area (TPSA) is 97.7 Å². The minimum absolute atomic E-state index is 0.246. The number of imidazole rings is 1. The Morgan fingerprint density at radius 3 is 2.41 bits per heavy atom. The molecule has 0 saturated carbocycles. The molecule has 0 aliphatic carbocycles. The highest BCUT2D eigenvalue weighted by Crippen LogP contribution is 2.24. The second-order valence-electron chi connectivity index (χ2n) is 8.63. The Balaban J connectivity index is 1.54. The normalized spacial score (nSPS) is 11.2. The average Bonchev–Trinajstić information content (AvgIpc) is 3.59. The maximum Gasteiger partial charge on any atom is 0.336 e. The third-order valence-corrected chi connectivity index (χ3v) is 6.42. The summed E-state index contributed by atoms with van der Waals surface area (Å²) in [5, 5.41) is 1.01. The van der Waals surface area contributed by atoms with Gasteiger partial charge in [-0.25, -0.2) is 14.3 Å². The van der Waals surface area contributed by atoms with Gasteiger partial charge in [0.15, 0.2) is 5.82 Å². The van der Waals surface area contributed by atoms with E-state index in [0.717, 1.165) is 27.7 Å². The molecule has 0 amide bonds. The third kappa shape index (κ3) is 4.04. The van der Waals surface area contributed by atoms with Gasteiger partial charge in [-0.1, -0.05) is 48.5 Å². The first-order valence-corrected chi connectivity index (χ1v) is 11.8. The van der Waals surface area contributed by atoms with Crippen molar-refractivity contribution >= 4 is 10.9 Å². The number of fused-ring (bicyclic) bond motifs is 1. The van der Waals surface area contributed by atoms with Crippen molar-refractivity contribution in [2.75, 3.05) is 7.11 Å². The summed E-state index contributed by atoms with van der Waals surface area (Å²) in [6.45, 7) is 0.246. The Morgan fingerprint density at radius 1 is 0.865 bits per heavy atom. The van der Waals surface area contributed by atoms with Crippen molar-refractivity contribution in [2.24, 2.45) is 0 Å². The Morgan fingerprint density at radius 2 is 1.62 bits per heavy atom. The molecule has 3 aromatic heterocycles. The fraction of sp³-hybridized carbons (Fsp3) is 0.0690. The Hall–Kier alpha value is -5.11. The maximum absolute atomic E-state index is 13.9. The van der Waals surface area contributed by atoms with Crippen molar-refractivity contribution < 1.29 is 4.74 Å². The quantitative estimate of drug-likeness (QED) is 0.357. The molecule has 6 aromatic rings. The van der Waals surface area contributed by atoms with Gasteiger partial charge in [-0.05, 0) is 35.9 Å². The molecule has 3 heterocycles. The van der Waals surface area contributed by atoms with Gasteiger partial charge in [0.05, 0.1) is 30.7 Å². The number of benzene rings is 3. The number of nitrogens with one attached hydrogen (secondary N) is 2. The number of aromatic nitrogens is 5. The summed E-state index contributed by atoms with van der Waals surface area (Å²) in [6, 6.07) is 25.9. The van der Waals surface area contributed by atoms with Crippen LogP contribution in [0.4, 0.5) is 0 Å². The first-order valence-electron chi connectivity index (χ1n) is 11.8. The fourth-order valence-electron chi connectivity index (χ4n) is 4.54. The monoisotopic (exact) mass is 489 g/mol. The second kappa shape index (κ2) is 9.16. The van der Waals surface area contributed by atoms with E-state index < -0.39 is 11.2 Å². The SMILES string of the molecule is COc1ccc(-n2c(=O)cc(-c3nc(-c4ccccc4)c[nH]3)n(Cc3c[nH]c4ccccc34)c2=O)cc1. The van der Waals surface area contributed by atoms with E-state index in [4.69, 9.17) is 9.72 Å². The summed E-state index contributed by atoms with van der Waals surface area (Å²) in [6.07, 6.45) is 3.67. The number of rotatable bonds is 6. The number of hydrogen-bond acceptors (Lipinski definition) is 4. The number of methoxy groups -OCH3 is 1. The molecule has 0 aliphatic heterocycles. The van der Waals surface area contributed by atoms with Gasteiger partial charge in [-0.2, -0.15) is 0 Å². The van der Waals surface area contributed by atoms with Crippen molar-refractivity contribution in [2.45, 2.75) is 6.54 Å². The molecule has 8 nitrogen and oxygen atoms in total. The lowest BCUT2D eigenvalue weighted by Crippen LogP contribution is -2.39. The van der Waals surface area contributed by atoms with E-state index in [1.165, 1.54) is 10.6 Å². The minimum Gasteiger partial charge on any atom is -0.497 e. The van der Waals surface area contributed by atoms with Gasteiger partial charge in [0.2, 0.25) is 0 Å². The Labute approximate surface area is 211 Å². The van der Waals surface area contributed by atoms with E-state index >= 15 is 0 Å². The standard InChI is InChI=1S/C29H23N5O3/c1-37-22-13-11-21(12-14-22)34-27(35)15-26(28-31-17-25(32-28)19-7-3-2-4-8-19)33(29(34)36)18-20-16-30-24-10-6-5-9-23(20)24/h2-17,30H,18H2,1H3,(H,31,32). The second-order valence-corrected chi connectivity index (χ2v) is 8.63. The van der Waals surface area contributed by atoms with Crippen LogP contribution >= 0.6 is 0 Å². The Kier molecular flexibility index (Phi) is 5.54. The summed E-state index contributed by atoms with van der Waals surface area (Å²) in [4.78, 5) is 38.4. The molecule has 0 atom stereocenters. The van der Waals surface area contributed by atoms with Gasteiger partial charge < -0.3 is 14.7 Å². The number of H-pyrrole nitrogens is 2. The van der Waals surface area contributed by atoms with Crippen LogP contribution < -0.4 is 16.0 Å². The van der Waals surface area contributed by atoms with Crippen LogP contribution in [-0.4, -0.2) is 31.2 Å². The van der Waals surface area contributed by atoms with Crippen LogP contribution in [0.25, 0.3) is 39.4 Å². The molecule has 0 bridgehead atoms. The summed E-state index contributed by atoms with van der Waals surface area (Å²) in [5.41, 5.74) is 3.51. The van der Waals surface area contributed by atoms with Crippen molar-refractivity contribution in [3.63, 3.8) is 0 Å². The number of nitrogens with zero attached hydrogens (tertiary/aromatic N) is 3. The molecule has 3 aromatic carbocycles. The lowest BCUT2D eigenvalue weighted by molar-refractivity contribution is 0.414. The van der Waals surface area contributed by atoms with Crippen molar-refractivity contribution in [1.29, 1.82) is 0 Å². The molecule has 6 rings (SSSR count).